The number of pyridine rings is 1. The lowest BCUT2D eigenvalue weighted by atomic mass is 10.2. The van der Waals surface area contributed by atoms with E-state index in [0.717, 1.165) is 22.7 Å². The van der Waals surface area contributed by atoms with E-state index < -0.39 is 0 Å². The minimum Gasteiger partial charge on any atom is -0.487 e. The van der Waals surface area contributed by atoms with Crippen molar-refractivity contribution in [2.24, 2.45) is 0 Å². The molecule has 19 heavy (non-hydrogen) atoms. The van der Waals surface area contributed by atoms with Crippen LogP contribution in [0.4, 0.5) is 0 Å². The van der Waals surface area contributed by atoms with Gasteiger partial charge in [-0.1, -0.05) is 45.2 Å². The minimum absolute atomic E-state index is 0.323. The van der Waals surface area contributed by atoms with Crippen molar-refractivity contribution in [1.82, 2.24) is 4.98 Å². The molecule has 0 atom stereocenters. The number of ether oxygens (including phenoxy) is 1. The summed E-state index contributed by atoms with van der Waals surface area (Å²) in [5, 5.41) is 1.85. The lowest BCUT2D eigenvalue weighted by molar-refractivity contribution is 0.302. The first-order chi connectivity index (χ1) is 9.11. The van der Waals surface area contributed by atoms with Crippen molar-refractivity contribution >= 4 is 39.1 Å². The van der Waals surface area contributed by atoms with Crippen molar-refractivity contribution in [3.05, 3.63) is 57.3 Å². The molecule has 0 aliphatic carbocycles. The Bertz CT molecular complexity index is 569. The van der Waals surface area contributed by atoms with Crippen LogP contribution in [-0.2, 0) is 11.9 Å². The number of rotatable bonds is 4. The fraction of sp³-hybridized carbons (Fsp3) is 0.214. The average molecular weight is 361 g/mol. The molecule has 1 aromatic carbocycles. The first kappa shape index (κ1) is 14.6. The highest BCUT2D eigenvalue weighted by Gasteiger charge is 2.09. The van der Waals surface area contributed by atoms with Crippen molar-refractivity contribution in [3.63, 3.8) is 0 Å². The topological polar surface area (TPSA) is 22.1 Å². The van der Waals surface area contributed by atoms with Gasteiger partial charge in [-0.25, -0.2) is 0 Å². The summed E-state index contributed by atoms with van der Waals surface area (Å²) in [6.45, 7) is 2.27. The van der Waals surface area contributed by atoms with Gasteiger partial charge in [0, 0.05) is 26.6 Å². The molecule has 0 spiro atoms. The number of hydrogen-bond donors (Lipinski definition) is 0. The van der Waals surface area contributed by atoms with Crippen LogP contribution in [-0.4, -0.2) is 4.98 Å². The van der Waals surface area contributed by atoms with Crippen LogP contribution in [0.3, 0.4) is 0 Å². The highest BCUT2D eigenvalue weighted by Crippen LogP contribution is 2.27. The molecule has 2 nitrogen and oxygen atoms in total. The summed E-state index contributed by atoms with van der Waals surface area (Å²) in [4.78, 5) is 4.41. The Morgan fingerprint density at radius 3 is 2.47 bits per heavy atom. The van der Waals surface area contributed by atoms with Gasteiger partial charge in [-0.3, -0.25) is 4.98 Å². The molecule has 0 saturated heterocycles. The van der Waals surface area contributed by atoms with E-state index in [0.29, 0.717) is 22.0 Å². The number of alkyl halides is 1. The molecule has 0 fully saturated rings. The van der Waals surface area contributed by atoms with Crippen LogP contribution in [0.15, 0.2) is 30.3 Å². The highest BCUT2D eigenvalue weighted by molar-refractivity contribution is 9.08. The second-order valence-corrected chi connectivity index (χ2v) is 5.40. The Kier molecular flexibility index (Phi) is 5.08. The number of benzene rings is 1. The lowest BCUT2D eigenvalue weighted by Gasteiger charge is -2.12. The summed E-state index contributed by atoms with van der Waals surface area (Å²) in [5.41, 5.74) is 2.60. The first-order valence-electron chi connectivity index (χ1n) is 5.70. The van der Waals surface area contributed by atoms with Crippen molar-refractivity contribution in [2.75, 3.05) is 0 Å². The van der Waals surface area contributed by atoms with Gasteiger partial charge in [0.2, 0.25) is 0 Å². The summed E-state index contributed by atoms with van der Waals surface area (Å²) in [5.74, 6) is 0.735. The molecule has 2 aromatic rings. The summed E-state index contributed by atoms with van der Waals surface area (Å²) >= 11 is 15.6. The smallest absolute Gasteiger partial charge is 0.142 e. The molecule has 5 heteroatoms. The number of halogens is 3. The van der Waals surface area contributed by atoms with Gasteiger partial charge in [0.15, 0.2) is 0 Å². The average Bonchev–Trinajstić information content (AvgIpc) is 2.39. The standard InChI is InChI=1S/C14H12BrCl2NO/c1-9-5-6-14(13(7-15)18-9)19-8-10-11(16)3-2-4-12(10)17/h2-6H,7-8H2,1H3. The van der Waals surface area contributed by atoms with Crippen molar-refractivity contribution in [2.45, 2.75) is 18.9 Å². The third-order valence-electron chi connectivity index (χ3n) is 2.63. The Labute approximate surface area is 130 Å². The lowest BCUT2D eigenvalue weighted by Crippen LogP contribution is -2.01. The van der Waals surface area contributed by atoms with Gasteiger partial charge in [0.25, 0.3) is 0 Å². The molecule has 2 rings (SSSR count). The Morgan fingerprint density at radius 1 is 1.16 bits per heavy atom. The minimum atomic E-state index is 0.323. The molecule has 1 aromatic heterocycles. The van der Waals surface area contributed by atoms with Gasteiger partial charge in [-0.2, -0.15) is 0 Å². The molecule has 0 saturated carbocycles. The normalized spacial score (nSPS) is 10.5. The predicted molar refractivity (Wildman–Crippen MR) is 82.4 cm³/mol. The molecule has 0 aliphatic rings. The van der Waals surface area contributed by atoms with E-state index in [1.165, 1.54) is 0 Å². The summed E-state index contributed by atoms with van der Waals surface area (Å²) in [7, 11) is 0. The Morgan fingerprint density at radius 2 is 1.84 bits per heavy atom. The number of aryl methyl sites for hydroxylation is 1. The zero-order chi connectivity index (χ0) is 13.8. The van der Waals surface area contributed by atoms with E-state index in [9.17, 15) is 0 Å². The zero-order valence-electron chi connectivity index (χ0n) is 10.3. The van der Waals surface area contributed by atoms with Crippen molar-refractivity contribution in [3.8, 4) is 5.75 Å². The maximum Gasteiger partial charge on any atom is 0.142 e. The molecule has 0 aliphatic heterocycles. The fourth-order valence-electron chi connectivity index (χ4n) is 1.65. The van der Waals surface area contributed by atoms with Crippen LogP contribution in [0.25, 0.3) is 0 Å². The maximum atomic E-state index is 6.11. The zero-order valence-corrected chi connectivity index (χ0v) is 13.4. The van der Waals surface area contributed by atoms with Crippen LogP contribution in [0.2, 0.25) is 10.0 Å². The molecule has 0 unspecified atom stereocenters. The predicted octanol–water partition coefficient (Wildman–Crippen LogP) is 5.17. The van der Waals surface area contributed by atoms with Gasteiger partial charge < -0.3 is 4.74 Å². The van der Waals surface area contributed by atoms with Crippen LogP contribution in [0, 0.1) is 6.92 Å². The largest absolute Gasteiger partial charge is 0.487 e. The number of nitrogens with zero attached hydrogens (tertiary/aromatic N) is 1. The van der Waals surface area contributed by atoms with Crippen LogP contribution < -0.4 is 4.74 Å². The van der Waals surface area contributed by atoms with E-state index in [-0.39, 0.29) is 0 Å². The van der Waals surface area contributed by atoms with E-state index in [4.69, 9.17) is 27.9 Å². The van der Waals surface area contributed by atoms with E-state index in [1.807, 2.05) is 25.1 Å². The Hall–Kier alpha value is -0.770. The van der Waals surface area contributed by atoms with Gasteiger partial charge >= 0.3 is 0 Å². The van der Waals surface area contributed by atoms with Gasteiger partial charge in [-0.05, 0) is 31.2 Å². The highest BCUT2D eigenvalue weighted by atomic mass is 79.9. The SMILES string of the molecule is Cc1ccc(OCc2c(Cl)cccc2Cl)c(CBr)n1. The van der Waals surface area contributed by atoms with E-state index >= 15 is 0 Å². The van der Waals surface area contributed by atoms with E-state index in [1.54, 1.807) is 12.1 Å². The van der Waals surface area contributed by atoms with Gasteiger partial charge in [0.1, 0.15) is 12.4 Å². The molecule has 0 N–H and O–H groups in total. The molecule has 0 amide bonds. The van der Waals surface area contributed by atoms with Crippen molar-refractivity contribution < 1.29 is 4.74 Å². The third kappa shape index (κ3) is 3.62. The third-order valence-corrected chi connectivity index (χ3v) is 3.87. The molecule has 0 radical (unpaired) electrons. The number of hydrogen-bond acceptors (Lipinski definition) is 2. The Balaban J connectivity index is 2.19. The van der Waals surface area contributed by atoms with Gasteiger partial charge in [0.05, 0.1) is 5.69 Å². The second-order valence-electron chi connectivity index (χ2n) is 4.02. The molecular formula is C14H12BrCl2NO. The molecular weight excluding hydrogens is 349 g/mol. The fourth-order valence-corrected chi connectivity index (χ4v) is 2.55. The summed E-state index contributed by atoms with van der Waals surface area (Å²) in [6, 6.07) is 9.22. The van der Waals surface area contributed by atoms with Gasteiger partial charge in [-0.15, -0.1) is 0 Å². The van der Waals surface area contributed by atoms with Crippen LogP contribution in [0.1, 0.15) is 17.0 Å². The van der Waals surface area contributed by atoms with Crippen LogP contribution >= 0.6 is 39.1 Å². The van der Waals surface area contributed by atoms with Crippen LogP contribution in [0.5, 0.6) is 5.75 Å². The van der Waals surface area contributed by atoms with Crippen molar-refractivity contribution in [1.29, 1.82) is 0 Å². The monoisotopic (exact) mass is 359 g/mol. The quantitative estimate of drug-likeness (QED) is 0.701. The summed E-state index contributed by atoms with van der Waals surface area (Å²) in [6.07, 6.45) is 0. The van der Waals surface area contributed by atoms with E-state index in [2.05, 4.69) is 20.9 Å². The number of aromatic nitrogens is 1. The molecule has 100 valence electrons. The molecule has 1 heterocycles. The maximum absolute atomic E-state index is 6.11. The second kappa shape index (κ2) is 6.60. The summed E-state index contributed by atoms with van der Waals surface area (Å²) < 4.78 is 5.77. The molecule has 0 bridgehead atoms. The first-order valence-corrected chi connectivity index (χ1v) is 7.57.